The van der Waals surface area contributed by atoms with Crippen molar-refractivity contribution in [3.8, 4) is 0 Å². The number of methoxy groups -OCH3 is 1. The molecular weight excluding hydrogens is 144 g/mol. The number of ether oxygens (including phenoxy) is 1. The van der Waals surface area contributed by atoms with Gasteiger partial charge in [0, 0.05) is 12.4 Å². The summed E-state index contributed by atoms with van der Waals surface area (Å²) in [7, 11) is 1.30. The third-order valence-electron chi connectivity index (χ3n) is 1.37. The predicted octanol–water partition coefficient (Wildman–Crippen LogP) is 0.393. The first-order valence-corrected chi connectivity index (χ1v) is 3.12. The number of aliphatic imine (C=N–C) groups is 1. The van der Waals surface area contributed by atoms with Gasteiger partial charge < -0.3 is 10.1 Å². The highest BCUT2D eigenvalue weighted by molar-refractivity contribution is 6.35. The summed E-state index contributed by atoms with van der Waals surface area (Å²) in [6.07, 6.45) is 4.36. The topological polar surface area (TPSA) is 62.5 Å². The third kappa shape index (κ3) is 1.52. The number of hydrogen-bond acceptors (Lipinski definition) is 4. The maximum absolute atomic E-state index is 10.9. The highest BCUT2D eigenvalue weighted by Gasteiger charge is 2.21. The minimum atomic E-state index is -0.572. The van der Waals surface area contributed by atoms with E-state index in [0.29, 0.717) is 0 Å². The first kappa shape index (κ1) is 7.65. The number of nitrogens with one attached hydrogen (secondary N) is 1. The van der Waals surface area contributed by atoms with Gasteiger partial charge in [0.25, 0.3) is 0 Å². The molecule has 1 N–H and O–H groups in total. The summed E-state index contributed by atoms with van der Waals surface area (Å²) in [6.45, 7) is 0. The lowest BCUT2D eigenvalue weighted by atomic mass is 10.0. The molecule has 0 saturated heterocycles. The number of carbonyl (C=O) groups excluding carboxylic acids is 1. The molecule has 0 fully saturated rings. The Hall–Kier alpha value is -1.45. The van der Waals surface area contributed by atoms with E-state index in [1.54, 1.807) is 0 Å². The van der Waals surface area contributed by atoms with E-state index < -0.39 is 11.9 Å². The molecule has 1 atom stereocenters. The molecule has 4 nitrogen and oxygen atoms in total. The number of nitrogens with zero attached hydrogens (tertiary/aromatic N) is 1. The quantitative estimate of drug-likeness (QED) is 0.552. The maximum Gasteiger partial charge on any atom is 0.318 e. The van der Waals surface area contributed by atoms with Crippen molar-refractivity contribution in [3.63, 3.8) is 0 Å². The Balaban J connectivity index is 2.73. The first-order valence-electron chi connectivity index (χ1n) is 3.12. The summed E-state index contributed by atoms with van der Waals surface area (Å²) >= 11 is 0. The van der Waals surface area contributed by atoms with Gasteiger partial charge in [-0.2, -0.15) is 0 Å². The van der Waals surface area contributed by atoms with Crippen LogP contribution in [0.3, 0.4) is 0 Å². The molecule has 1 aliphatic heterocycles. The second-order valence-electron chi connectivity index (χ2n) is 2.08. The second kappa shape index (κ2) is 3.09. The molecule has 0 aromatic heterocycles. The zero-order valence-corrected chi connectivity index (χ0v) is 6.07. The lowest BCUT2D eigenvalue weighted by Gasteiger charge is -2.09. The van der Waals surface area contributed by atoms with Crippen LogP contribution in [0.4, 0.5) is 0 Å². The molecule has 0 aromatic carbocycles. The van der Waals surface area contributed by atoms with Gasteiger partial charge in [-0.1, -0.05) is 0 Å². The lowest BCUT2D eigenvalue weighted by molar-refractivity contribution is -0.141. The average molecular weight is 152 g/mol. The SMILES string of the molecule is COC(=O)C1C=CN=CC1=N. The molecule has 0 saturated carbocycles. The number of esters is 1. The first-order chi connectivity index (χ1) is 5.25. The van der Waals surface area contributed by atoms with Crippen LogP contribution in [0.5, 0.6) is 0 Å². The van der Waals surface area contributed by atoms with Gasteiger partial charge in [0.05, 0.1) is 12.8 Å². The van der Waals surface area contributed by atoms with Gasteiger partial charge in [-0.25, -0.2) is 0 Å². The van der Waals surface area contributed by atoms with E-state index in [2.05, 4.69) is 9.73 Å². The van der Waals surface area contributed by atoms with Crippen LogP contribution in [0.15, 0.2) is 17.3 Å². The molecule has 0 amide bonds. The van der Waals surface area contributed by atoms with E-state index in [1.165, 1.54) is 25.6 Å². The van der Waals surface area contributed by atoms with Crippen LogP contribution in [0, 0.1) is 11.3 Å². The molecular formula is C7H8N2O2. The Morgan fingerprint density at radius 1 is 1.82 bits per heavy atom. The summed E-state index contributed by atoms with van der Waals surface area (Å²) in [6, 6.07) is 0. The molecule has 0 aliphatic carbocycles. The van der Waals surface area contributed by atoms with E-state index in [4.69, 9.17) is 5.41 Å². The van der Waals surface area contributed by atoms with Gasteiger partial charge in [0.15, 0.2) is 0 Å². The molecule has 1 aliphatic rings. The Morgan fingerprint density at radius 2 is 2.55 bits per heavy atom. The maximum atomic E-state index is 10.9. The zero-order chi connectivity index (χ0) is 8.27. The molecule has 58 valence electrons. The Labute approximate surface area is 64.1 Å². The fourth-order valence-corrected chi connectivity index (χ4v) is 0.776. The van der Waals surface area contributed by atoms with Crippen LogP contribution >= 0.6 is 0 Å². The van der Waals surface area contributed by atoms with Crippen molar-refractivity contribution in [3.05, 3.63) is 12.3 Å². The van der Waals surface area contributed by atoms with Crippen molar-refractivity contribution in [2.75, 3.05) is 7.11 Å². The van der Waals surface area contributed by atoms with Crippen LogP contribution in [-0.4, -0.2) is 25.0 Å². The van der Waals surface area contributed by atoms with Gasteiger partial charge in [-0.05, 0) is 6.08 Å². The average Bonchev–Trinajstić information content (AvgIpc) is 2.04. The molecule has 0 aromatic rings. The van der Waals surface area contributed by atoms with Crippen molar-refractivity contribution in [1.29, 1.82) is 5.41 Å². The van der Waals surface area contributed by atoms with Crippen molar-refractivity contribution in [2.24, 2.45) is 10.9 Å². The summed E-state index contributed by atoms with van der Waals surface area (Å²) in [5.41, 5.74) is 0.166. The molecule has 11 heavy (non-hydrogen) atoms. The minimum Gasteiger partial charge on any atom is -0.468 e. The van der Waals surface area contributed by atoms with Crippen molar-refractivity contribution in [2.45, 2.75) is 0 Å². The Kier molecular flexibility index (Phi) is 2.15. The van der Waals surface area contributed by atoms with Crippen LogP contribution in [0.25, 0.3) is 0 Å². The molecule has 0 radical (unpaired) electrons. The fraction of sp³-hybridized carbons (Fsp3) is 0.286. The Morgan fingerprint density at radius 3 is 3.09 bits per heavy atom. The molecule has 0 spiro atoms. The third-order valence-corrected chi connectivity index (χ3v) is 1.37. The van der Waals surface area contributed by atoms with E-state index in [9.17, 15) is 4.79 Å². The van der Waals surface area contributed by atoms with Crippen LogP contribution < -0.4 is 0 Å². The van der Waals surface area contributed by atoms with Crippen molar-refractivity contribution in [1.82, 2.24) is 0 Å². The van der Waals surface area contributed by atoms with Crippen molar-refractivity contribution < 1.29 is 9.53 Å². The molecule has 4 heteroatoms. The monoisotopic (exact) mass is 152 g/mol. The van der Waals surface area contributed by atoms with Gasteiger partial charge in [0.2, 0.25) is 0 Å². The summed E-state index contributed by atoms with van der Waals surface area (Å²) in [4.78, 5) is 14.6. The van der Waals surface area contributed by atoms with E-state index >= 15 is 0 Å². The summed E-state index contributed by atoms with van der Waals surface area (Å²) in [5, 5.41) is 7.28. The predicted molar refractivity (Wildman–Crippen MR) is 40.9 cm³/mol. The minimum absolute atomic E-state index is 0.166. The lowest BCUT2D eigenvalue weighted by Crippen LogP contribution is -2.25. The second-order valence-corrected chi connectivity index (χ2v) is 2.08. The van der Waals surface area contributed by atoms with Gasteiger partial charge >= 0.3 is 5.97 Å². The van der Waals surface area contributed by atoms with Crippen LogP contribution in [-0.2, 0) is 9.53 Å². The summed E-state index contributed by atoms with van der Waals surface area (Å²) < 4.78 is 4.47. The largest absolute Gasteiger partial charge is 0.468 e. The Bertz CT molecular complexity index is 243. The van der Waals surface area contributed by atoms with Gasteiger partial charge in [0.1, 0.15) is 5.92 Å². The normalized spacial score (nSPS) is 21.9. The van der Waals surface area contributed by atoms with Crippen LogP contribution in [0.2, 0.25) is 0 Å². The van der Waals surface area contributed by atoms with E-state index in [-0.39, 0.29) is 5.71 Å². The number of carbonyl (C=O) groups is 1. The van der Waals surface area contributed by atoms with Crippen LogP contribution in [0.1, 0.15) is 0 Å². The highest BCUT2D eigenvalue weighted by Crippen LogP contribution is 2.06. The smallest absolute Gasteiger partial charge is 0.318 e. The summed E-state index contributed by atoms with van der Waals surface area (Å²) in [5.74, 6) is -0.991. The molecule has 1 heterocycles. The molecule has 1 rings (SSSR count). The van der Waals surface area contributed by atoms with Gasteiger partial charge in [-0.15, -0.1) is 0 Å². The molecule has 1 unspecified atom stereocenters. The highest BCUT2D eigenvalue weighted by atomic mass is 16.5. The standard InChI is InChI=1S/C7H8N2O2/c1-11-7(10)5-2-3-9-4-6(5)8/h2-5,8H,1H3. The zero-order valence-electron chi connectivity index (χ0n) is 6.07. The molecule has 0 bridgehead atoms. The fourth-order valence-electron chi connectivity index (χ4n) is 0.776. The van der Waals surface area contributed by atoms with E-state index in [0.717, 1.165) is 0 Å². The number of hydrogen-bond donors (Lipinski definition) is 1. The van der Waals surface area contributed by atoms with Gasteiger partial charge in [-0.3, -0.25) is 9.79 Å². The van der Waals surface area contributed by atoms with E-state index in [1.807, 2.05) is 0 Å². The number of rotatable bonds is 1. The van der Waals surface area contributed by atoms with Crippen molar-refractivity contribution >= 4 is 17.9 Å².